The molecule has 0 aromatic rings. The predicted molar refractivity (Wildman–Crippen MR) is 30.3 cm³/mol. The van der Waals surface area contributed by atoms with E-state index in [4.69, 9.17) is 0 Å². The van der Waals surface area contributed by atoms with Crippen LogP contribution in [0, 0.1) is 0 Å². The Bertz CT molecular complexity index is 58.0. The van der Waals surface area contributed by atoms with E-state index in [1.54, 1.807) is 6.92 Å². The maximum Gasteiger partial charge on any atom is 1.00 e. The summed E-state index contributed by atoms with van der Waals surface area (Å²) in [5.74, 6) is -0.961. The first-order chi connectivity index (χ1) is 2.77. The molecule has 0 unspecified atom stereocenters. The molecule has 0 fully saturated rings. The molecule has 0 bridgehead atoms. The zero-order valence-electron chi connectivity index (χ0n) is 5.23. The normalized spacial score (nSPS) is 6.12. The summed E-state index contributed by atoms with van der Waals surface area (Å²) in [4.78, 5) is 9.49. The minimum Gasteiger partial charge on any atom is -0.550 e. The van der Waals surface area contributed by atoms with E-state index < -0.39 is 5.97 Å². The van der Waals surface area contributed by atoms with Gasteiger partial charge in [-0.2, -0.15) is 13.5 Å². The number of carbonyl (C=O) groups excluding carboxylic acids is 1. The molecule has 0 amide bonds. The summed E-state index contributed by atoms with van der Waals surface area (Å²) in [7, 11) is 0. The topological polar surface area (TPSA) is 40.1 Å². The fourth-order valence-electron chi connectivity index (χ4n) is 0.204. The first-order valence-corrected chi connectivity index (χ1v) is 1.97. The number of aliphatic carboxylic acids is 1. The molecule has 4 heteroatoms. The van der Waals surface area contributed by atoms with Crippen LogP contribution in [0.25, 0.3) is 0 Å². The van der Waals surface area contributed by atoms with Gasteiger partial charge in [0.1, 0.15) is 0 Å². The van der Waals surface area contributed by atoms with Crippen molar-refractivity contribution in [1.29, 1.82) is 0 Å². The van der Waals surface area contributed by atoms with E-state index in [1.807, 2.05) is 0 Å². The molecule has 0 aromatic carbocycles. The fraction of sp³-hybridized carbons (Fsp3) is 0.750. The van der Waals surface area contributed by atoms with Crippen LogP contribution in [-0.2, 0) is 4.79 Å². The number of rotatable bonds is 2. The summed E-state index contributed by atoms with van der Waals surface area (Å²) in [6.45, 7) is 1.80. The fourth-order valence-corrected chi connectivity index (χ4v) is 0.204. The van der Waals surface area contributed by atoms with Crippen LogP contribution in [0.15, 0.2) is 0 Å². The number of carboxylic acids is 1. The summed E-state index contributed by atoms with van der Waals surface area (Å²) in [5, 5.41) is 9.49. The summed E-state index contributed by atoms with van der Waals surface area (Å²) in [6.07, 6.45) is 0.850. The van der Waals surface area contributed by atoms with E-state index in [2.05, 4.69) is 0 Å². The van der Waals surface area contributed by atoms with Crippen LogP contribution in [0.1, 0.15) is 19.8 Å². The van der Waals surface area contributed by atoms with Crippen molar-refractivity contribution in [3.05, 3.63) is 0 Å². The second kappa shape index (κ2) is 10.7. The zero-order valence-corrected chi connectivity index (χ0v) is 8.23. The van der Waals surface area contributed by atoms with Crippen LogP contribution in [0.4, 0.5) is 0 Å². The molecule has 0 N–H and O–H groups in total. The van der Waals surface area contributed by atoms with Gasteiger partial charge in [0.25, 0.3) is 0 Å². The van der Waals surface area contributed by atoms with Gasteiger partial charge >= 0.3 is 29.6 Å². The monoisotopic (exact) mass is 144 g/mol. The van der Waals surface area contributed by atoms with Gasteiger partial charge in [0.2, 0.25) is 0 Å². The molecule has 0 aromatic heterocycles. The molecule has 2 nitrogen and oxygen atoms in total. The quantitative estimate of drug-likeness (QED) is 0.380. The number of hydrogen-bond donors (Lipinski definition) is 0. The van der Waals surface area contributed by atoms with E-state index >= 15 is 0 Å². The average Bonchev–Trinajstić information content (AvgIpc) is 1.35. The van der Waals surface area contributed by atoms with Gasteiger partial charge in [-0.1, -0.05) is 13.3 Å². The van der Waals surface area contributed by atoms with Crippen LogP contribution < -0.4 is 34.7 Å². The average molecular weight is 144 g/mol. The molecular weight excluding hydrogens is 135 g/mol. The van der Waals surface area contributed by atoms with Gasteiger partial charge in [-0.3, -0.25) is 0 Å². The summed E-state index contributed by atoms with van der Waals surface area (Å²) < 4.78 is 0. The summed E-state index contributed by atoms with van der Waals surface area (Å²) >= 11 is 0. The van der Waals surface area contributed by atoms with E-state index in [9.17, 15) is 9.90 Å². The van der Waals surface area contributed by atoms with Crippen molar-refractivity contribution < 1.29 is 39.5 Å². The van der Waals surface area contributed by atoms with Crippen LogP contribution in [0.5, 0.6) is 0 Å². The molecule has 0 radical (unpaired) electrons. The Morgan fingerprint density at radius 2 is 2.00 bits per heavy atom. The Hall–Kier alpha value is 0.820. The second-order valence-corrected chi connectivity index (χ2v) is 1.12. The first kappa shape index (κ1) is 15.9. The maximum absolute atomic E-state index is 9.49. The molecular formula is C4H9NaO2S. The van der Waals surface area contributed by atoms with Crippen molar-refractivity contribution in [3.63, 3.8) is 0 Å². The predicted octanol–water partition coefficient (Wildman–Crippen LogP) is -3.35. The van der Waals surface area contributed by atoms with Crippen LogP contribution in [0.3, 0.4) is 0 Å². The second-order valence-electron chi connectivity index (χ2n) is 1.12. The molecule has 8 heavy (non-hydrogen) atoms. The van der Waals surface area contributed by atoms with Gasteiger partial charge in [-0.05, 0) is 6.42 Å². The van der Waals surface area contributed by atoms with Crippen molar-refractivity contribution in [2.75, 3.05) is 0 Å². The molecule has 0 saturated carbocycles. The van der Waals surface area contributed by atoms with Crippen molar-refractivity contribution in [2.45, 2.75) is 19.8 Å². The third-order valence-electron chi connectivity index (χ3n) is 0.454. The van der Waals surface area contributed by atoms with Gasteiger partial charge in [0, 0.05) is 5.97 Å². The molecule has 0 aliphatic heterocycles. The smallest absolute Gasteiger partial charge is 0.550 e. The third-order valence-corrected chi connectivity index (χ3v) is 0.454. The van der Waals surface area contributed by atoms with Gasteiger partial charge in [0.05, 0.1) is 0 Å². The van der Waals surface area contributed by atoms with E-state index in [-0.39, 0.29) is 49.5 Å². The van der Waals surface area contributed by atoms with E-state index in [0.717, 1.165) is 0 Å². The number of carbonyl (C=O) groups is 1. The first-order valence-electron chi connectivity index (χ1n) is 1.97. The summed E-state index contributed by atoms with van der Waals surface area (Å²) in [5.41, 5.74) is 0. The minimum atomic E-state index is -0.961. The van der Waals surface area contributed by atoms with Gasteiger partial charge in [0.15, 0.2) is 0 Å². The van der Waals surface area contributed by atoms with Crippen molar-refractivity contribution >= 4 is 19.5 Å². The Morgan fingerprint density at radius 1 is 1.62 bits per heavy atom. The Balaban J connectivity index is -0.000000125. The van der Waals surface area contributed by atoms with Gasteiger partial charge in [-0.15, -0.1) is 0 Å². The molecule has 0 heterocycles. The molecule has 0 rings (SSSR count). The standard InChI is InChI=1S/C4H8O2.Na.H2S/c1-2-3-4(5)6;;/h2-3H2,1H3,(H,5,6);;1H2/q;+1;/p-1. The molecule has 0 aliphatic rings. The number of carboxylic acid groups (broad SMARTS) is 1. The van der Waals surface area contributed by atoms with Crippen molar-refractivity contribution in [2.24, 2.45) is 0 Å². The Morgan fingerprint density at radius 3 is 2.00 bits per heavy atom. The third kappa shape index (κ3) is 15.8. The van der Waals surface area contributed by atoms with Gasteiger partial charge in [-0.25, -0.2) is 0 Å². The Labute approximate surface area is 78.4 Å². The minimum absolute atomic E-state index is 0. The number of hydrogen-bond acceptors (Lipinski definition) is 2. The SMILES string of the molecule is CCCC(=O)[O-].S.[Na+]. The van der Waals surface area contributed by atoms with Crippen molar-refractivity contribution in [1.82, 2.24) is 0 Å². The molecule has 0 aliphatic carbocycles. The molecule has 0 atom stereocenters. The Kier molecular flexibility index (Phi) is 21.4. The summed E-state index contributed by atoms with van der Waals surface area (Å²) in [6, 6.07) is 0. The van der Waals surface area contributed by atoms with E-state index in [0.29, 0.717) is 6.42 Å². The van der Waals surface area contributed by atoms with Gasteiger partial charge < -0.3 is 9.90 Å². The molecule has 44 valence electrons. The zero-order chi connectivity index (χ0) is 4.99. The van der Waals surface area contributed by atoms with E-state index in [1.165, 1.54) is 0 Å². The molecule has 0 saturated heterocycles. The van der Waals surface area contributed by atoms with Crippen LogP contribution >= 0.6 is 13.5 Å². The van der Waals surface area contributed by atoms with Crippen LogP contribution in [-0.4, -0.2) is 5.97 Å². The van der Waals surface area contributed by atoms with Crippen molar-refractivity contribution in [3.8, 4) is 0 Å². The van der Waals surface area contributed by atoms with Crippen LogP contribution in [0.2, 0.25) is 0 Å². The maximum atomic E-state index is 9.49. The largest absolute Gasteiger partial charge is 1.00 e. The molecule has 0 spiro atoms.